The fraction of sp³-hybridized carbons (Fsp3) is 0.394. The van der Waals surface area contributed by atoms with Crippen molar-refractivity contribution in [3.63, 3.8) is 0 Å². The number of hydrogen-bond donors (Lipinski definition) is 0. The van der Waals surface area contributed by atoms with E-state index in [1.54, 1.807) is 0 Å². The smallest absolute Gasteiger partial charge is 0.0451 e. The van der Waals surface area contributed by atoms with Gasteiger partial charge in [-0.1, -0.05) is 161 Å². The number of rotatable bonds is 16. The molecular formula is C33H43P. The number of hydrogen-bond acceptors (Lipinski definition) is 0. The second-order valence-electron chi connectivity index (χ2n) is 9.51. The van der Waals surface area contributed by atoms with Crippen molar-refractivity contribution in [2.75, 3.05) is 0 Å². The Kier molecular flexibility index (Phi) is 12.2. The minimum atomic E-state index is -0.0879. The first-order chi connectivity index (χ1) is 16.9. The largest absolute Gasteiger partial charge is 0.114 e. The summed E-state index contributed by atoms with van der Waals surface area (Å²) in [6.45, 7) is 0. The average Bonchev–Trinajstić information content (AvgIpc) is 2.91. The van der Waals surface area contributed by atoms with Crippen molar-refractivity contribution >= 4 is 9.24 Å². The Morgan fingerprint density at radius 1 is 0.471 bits per heavy atom. The van der Waals surface area contributed by atoms with Crippen molar-refractivity contribution in [1.29, 1.82) is 0 Å². The number of unbranched alkanes of at least 4 members (excludes halogenated alkanes) is 10. The predicted molar refractivity (Wildman–Crippen MR) is 153 cm³/mol. The lowest BCUT2D eigenvalue weighted by molar-refractivity contribution is 0.492. The maximum Gasteiger partial charge on any atom is 0.0451 e. The molecule has 0 spiro atoms. The highest BCUT2D eigenvalue weighted by atomic mass is 31.0. The molecule has 0 fully saturated rings. The highest BCUT2D eigenvalue weighted by Gasteiger charge is 2.35. The summed E-state index contributed by atoms with van der Waals surface area (Å²) < 4.78 is 0. The molecule has 0 radical (unpaired) electrons. The Morgan fingerprint density at radius 3 is 1.21 bits per heavy atom. The molecular weight excluding hydrogens is 427 g/mol. The van der Waals surface area contributed by atoms with Crippen LogP contribution in [0.2, 0.25) is 0 Å². The molecule has 3 aromatic carbocycles. The molecule has 0 aliphatic heterocycles. The average molecular weight is 471 g/mol. The molecule has 0 amide bonds. The molecule has 34 heavy (non-hydrogen) atoms. The molecule has 1 atom stereocenters. The number of allylic oxidation sites excluding steroid dienone is 1. The van der Waals surface area contributed by atoms with Crippen molar-refractivity contribution < 1.29 is 0 Å². The topological polar surface area (TPSA) is 0 Å². The van der Waals surface area contributed by atoms with Gasteiger partial charge in [0.15, 0.2) is 0 Å². The molecule has 1 unspecified atom stereocenters. The molecule has 0 saturated heterocycles. The van der Waals surface area contributed by atoms with Crippen LogP contribution in [-0.2, 0) is 5.41 Å². The molecule has 3 aromatic rings. The predicted octanol–water partition coefficient (Wildman–Crippen LogP) is 10.1. The van der Waals surface area contributed by atoms with Crippen LogP contribution < -0.4 is 0 Å². The van der Waals surface area contributed by atoms with E-state index in [0.29, 0.717) is 0 Å². The maximum absolute atomic E-state index is 2.66. The number of benzene rings is 3. The quantitative estimate of drug-likeness (QED) is 0.111. The third-order valence-corrected chi connectivity index (χ3v) is 7.38. The van der Waals surface area contributed by atoms with Gasteiger partial charge in [0.25, 0.3) is 0 Å². The van der Waals surface area contributed by atoms with Gasteiger partial charge in [0.05, 0.1) is 0 Å². The Labute approximate surface area is 211 Å². The highest BCUT2D eigenvalue weighted by molar-refractivity contribution is 7.20. The minimum Gasteiger partial charge on any atom is -0.114 e. The lowest BCUT2D eigenvalue weighted by Gasteiger charge is -2.36. The van der Waals surface area contributed by atoms with E-state index in [-0.39, 0.29) is 5.41 Å². The van der Waals surface area contributed by atoms with Crippen LogP contribution in [0.25, 0.3) is 0 Å². The van der Waals surface area contributed by atoms with Crippen LogP contribution in [0.5, 0.6) is 0 Å². The van der Waals surface area contributed by atoms with Gasteiger partial charge in [-0.15, -0.1) is 9.24 Å². The van der Waals surface area contributed by atoms with Crippen LogP contribution in [0, 0.1) is 0 Å². The normalized spacial score (nSPS) is 11.8. The monoisotopic (exact) mass is 470 g/mol. The Balaban J connectivity index is 1.55. The second kappa shape index (κ2) is 15.7. The van der Waals surface area contributed by atoms with Gasteiger partial charge in [0, 0.05) is 5.41 Å². The van der Waals surface area contributed by atoms with Gasteiger partial charge >= 0.3 is 0 Å². The minimum absolute atomic E-state index is 0.0879. The van der Waals surface area contributed by atoms with Crippen LogP contribution in [0.3, 0.4) is 0 Å². The van der Waals surface area contributed by atoms with Gasteiger partial charge in [-0.05, 0) is 36.0 Å². The molecule has 3 rings (SSSR count). The summed E-state index contributed by atoms with van der Waals surface area (Å²) in [5.41, 5.74) is 4.12. The van der Waals surface area contributed by atoms with Crippen LogP contribution in [0.15, 0.2) is 103 Å². The third kappa shape index (κ3) is 7.95. The van der Waals surface area contributed by atoms with E-state index in [9.17, 15) is 0 Å². The molecule has 0 aliphatic carbocycles. The van der Waals surface area contributed by atoms with E-state index < -0.39 is 0 Å². The fourth-order valence-corrected chi connectivity index (χ4v) is 5.46. The van der Waals surface area contributed by atoms with Crippen LogP contribution in [-0.4, -0.2) is 0 Å². The highest BCUT2D eigenvalue weighted by Crippen LogP contribution is 2.43. The van der Waals surface area contributed by atoms with E-state index in [2.05, 4.69) is 112 Å². The summed E-state index contributed by atoms with van der Waals surface area (Å²) in [6.07, 6.45) is 18.3. The van der Waals surface area contributed by atoms with E-state index in [4.69, 9.17) is 0 Å². The summed E-state index contributed by atoms with van der Waals surface area (Å²) >= 11 is 0. The zero-order chi connectivity index (χ0) is 23.7. The molecule has 0 heterocycles. The Bertz CT molecular complexity index is 818. The SMILES string of the molecule is PC=CCCCCCCCCCCCCC(c1ccccc1)(c1ccccc1)c1ccccc1. The summed E-state index contributed by atoms with van der Waals surface area (Å²) in [5.74, 6) is 2.09. The van der Waals surface area contributed by atoms with Crippen molar-refractivity contribution in [3.05, 3.63) is 120 Å². The lowest BCUT2D eigenvalue weighted by atomic mass is 9.66. The summed E-state index contributed by atoms with van der Waals surface area (Å²) in [5, 5.41) is 0. The molecule has 0 bridgehead atoms. The van der Waals surface area contributed by atoms with Gasteiger partial charge in [-0.3, -0.25) is 0 Å². The van der Waals surface area contributed by atoms with Gasteiger partial charge in [-0.25, -0.2) is 0 Å². The third-order valence-electron chi connectivity index (χ3n) is 7.11. The zero-order valence-electron chi connectivity index (χ0n) is 20.9. The van der Waals surface area contributed by atoms with E-state index in [1.165, 1.54) is 87.3 Å². The summed E-state index contributed by atoms with van der Waals surface area (Å²) in [6, 6.07) is 33.4. The van der Waals surface area contributed by atoms with Gasteiger partial charge in [0.2, 0.25) is 0 Å². The Hall–Kier alpha value is -2.17. The molecule has 1 heteroatoms. The van der Waals surface area contributed by atoms with Crippen molar-refractivity contribution in [2.45, 2.75) is 82.5 Å². The van der Waals surface area contributed by atoms with Crippen molar-refractivity contribution in [3.8, 4) is 0 Å². The molecule has 0 nitrogen and oxygen atoms in total. The maximum atomic E-state index is 2.66. The summed E-state index contributed by atoms with van der Waals surface area (Å²) in [7, 11) is 2.66. The fourth-order valence-electron chi connectivity index (χ4n) is 5.26. The molecule has 0 N–H and O–H groups in total. The van der Waals surface area contributed by atoms with Gasteiger partial charge in [-0.2, -0.15) is 0 Å². The molecule has 0 aliphatic rings. The van der Waals surface area contributed by atoms with Crippen molar-refractivity contribution in [1.82, 2.24) is 0 Å². The van der Waals surface area contributed by atoms with E-state index in [1.807, 2.05) is 0 Å². The van der Waals surface area contributed by atoms with Crippen LogP contribution in [0.4, 0.5) is 0 Å². The van der Waals surface area contributed by atoms with E-state index >= 15 is 0 Å². The summed E-state index contributed by atoms with van der Waals surface area (Å²) in [4.78, 5) is 0. The van der Waals surface area contributed by atoms with Gasteiger partial charge < -0.3 is 0 Å². The molecule has 0 saturated carbocycles. The first kappa shape index (κ1) is 26.4. The lowest BCUT2D eigenvalue weighted by Crippen LogP contribution is -2.29. The Morgan fingerprint density at radius 2 is 0.824 bits per heavy atom. The first-order valence-corrected chi connectivity index (χ1v) is 14.1. The standard InChI is InChI=1S/C33H43P/c34-29-21-10-8-6-4-2-1-3-5-7-9-20-28-33(30-22-14-11-15-23-30,31-24-16-12-17-25-31)32-26-18-13-19-27-32/h11-19,21-27,29H,1-10,20,28,34H2. The zero-order valence-corrected chi connectivity index (χ0v) is 22.0. The van der Waals surface area contributed by atoms with Crippen LogP contribution >= 0.6 is 9.24 Å². The van der Waals surface area contributed by atoms with E-state index in [0.717, 1.165) is 6.42 Å². The van der Waals surface area contributed by atoms with Crippen LogP contribution in [0.1, 0.15) is 93.7 Å². The second-order valence-corrected chi connectivity index (χ2v) is 9.89. The van der Waals surface area contributed by atoms with Gasteiger partial charge in [0.1, 0.15) is 0 Å². The van der Waals surface area contributed by atoms with Crippen molar-refractivity contribution in [2.24, 2.45) is 0 Å². The first-order valence-electron chi connectivity index (χ1n) is 13.4. The molecule has 180 valence electrons. The molecule has 0 aromatic heterocycles.